The second-order valence-corrected chi connectivity index (χ2v) is 6.09. The number of carbonyl (C=O) groups is 1. The maximum atomic E-state index is 11.2. The SMILES string of the molecule is CC(=O)N[C@H]1CCCN(C[C@@H](C)Cc2ccccc2)C1. The molecule has 1 saturated heterocycles. The van der Waals surface area contributed by atoms with Gasteiger partial charge in [-0.1, -0.05) is 37.3 Å². The van der Waals surface area contributed by atoms with Crippen LogP contribution in [0.3, 0.4) is 0 Å². The van der Waals surface area contributed by atoms with Crippen LogP contribution in [-0.2, 0) is 11.2 Å². The number of nitrogens with zero attached hydrogens (tertiary/aromatic N) is 1. The van der Waals surface area contributed by atoms with Crippen LogP contribution in [0.1, 0.15) is 32.3 Å². The first-order valence-corrected chi connectivity index (χ1v) is 7.67. The predicted molar refractivity (Wildman–Crippen MR) is 82.6 cm³/mol. The predicted octanol–water partition coefficient (Wildman–Crippen LogP) is 2.47. The third kappa shape index (κ3) is 4.97. The van der Waals surface area contributed by atoms with E-state index in [9.17, 15) is 4.79 Å². The minimum Gasteiger partial charge on any atom is -0.352 e. The van der Waals surface area contributed by atoms with Crippen LogP contribution < -0.4 is 5.32 Å². The molecule has 1 N–H and O–H groups in total. The Bertz CT molecular complexity index is 418. The van der Waals surface area contributed by atoms with E-state index in [1.165, 1.54) is 12.0 Å². The van der Waals surface area contributed by atoms with Gasteiger partial charge >= 0.3 is 0 Å². The Morgan fingerprint density at radius 1 is 1.40 bits per heavy atom. The average Bonchev–Trinajstić information content (AvgIpc) is 2.39. The summed E-state index contributed by atoms with van der Waals surface area (Å²) in [4.78, 5) is 13.7. The molecule has 2 rings (SSSR count). The highest BCUT2D eigenvalue weighted by Gasteiger charge is 2.21. The molecule has 1 aromatic rings. The summed E-state index contributed by atoms with van der Waals surface area (Å²) in [7, 11) is 0. The van der Waals surface area contributed by atoms with Crippen molar-refractivity contribution in [2.24, 2.45) is 5.92 Å². The van der Waals surface area contributed by atoms with E-state index < -0.39 is 0 Å². The molecule has 3 heteroatoms. The van der Waals surface area contributed by atoms with Crippen LogP contribution in [0, 0.1) is 5.92 Å². The van der Waals surface area contributed by atoms with Gasteiger partial charge in [-0.05, 0) is 37.3 Å². The van der Waals surface area contributed by atoms with Crippen molar-refractivity contribution in [3.63, 3.8) is 0 Å². The summed E-state index contributed by atoms with van der Waals surface area (Å²) < 4.78 is 0. The van der Waals surface area contributed by atoms with Gasteiger partial charge in [0.2, 0.25) is 5.91 Å². The molecule has 0 aromatic heterocycles. The Labute approximate surface area is 122 Å². The zero-order chi connectivity index (χ0) is 14.4. The van der Waals surface area contributed by atoms with Crippen LogP contribution in [0.2, 0.25) is 0 Å². The molecule has 0 saturated carbocycles. The number of piperidine rings is 1. The van der Waals surface area contributed by atoms with Crippen LogP contribution >= 0.6 is 0 Å². The van der Waals surface area contributed by atoms with Gasteiger partial charge in [-0.3, -0.25) is 4.79 Å². The second-order valence-electron chi connectivity index (χ2n) is 6.09. The van der Waals surface area contributed by atoms with Crippen molar-refractivity contribution in [3.8, 4) is 0 Å². The molecule has 0 unspecified atom stereocenters. The van der Waals surface area contributed by atoms with E-state index in [0.29, 0.717) is 12.0 Å². The van der Waals surface area contributed by atoms with Crippen LogP contribution in [-0.4, -0.2) is 36.5 Å². The Kier molecular flexibility index (Phi) is 5.60. The Morgan fingerprint density at radius 2 is 2.15 bits per heavy atom. The van der Waals surface area contributed by atoms with E-state index in [1.807, 2.05) is 0 Å². The first-order chi connectivity index (χ1) is 9.63. The summed E-state index contributed by atoms with van der Waals surface area (Å²) in [5.74, 6) is 0.739. The molecule has 1 aliphatic heterocycles. The van der Waals surface area contributed by atoms with Crippen LogP contribution in [0.15, 0.2) is 30.3 Å². The van der Waals surface area contributed by atoms with Gasteiger partial charge in [0, 0.05) is 26.1 Å². The number of rotatable bonds is 5. The normalized spacial score (nSPS) is 21.4. The molecule has 3 nitrogen and oxygen atoms in total. The van der Waals surface area contributed by atoms with Crippen molar-refractivity contribution in [1.29, 1.82) is 0 Å². The molecule has 1 heterocycles. The van der Waals surface area contributed by atoms with Crippen LogP contribution in [0.4, 0.5) is 0 Å². The maximum absolute atomic E-state index is 11.2. The second kappa shape index (κ2) is 7.44. The third-order valence-corrected chi connectivity index (χ3v) is 3.91. The van der Waals surface area contributed by atoms with Crippen molar-refractivity contribution in [2.45, 2.75) is 39.2 Å². The van der Waals surface area contributed by atoms with Crippen molar-refractivity contribution in [3.05, 3.63) is 35.9 Å². The van der Waals surface area contributed by atoms with E-state index in [-0.39, 0.29) is 5.91 Å². The smallest absolute Gasteiger partial charge is 0.217 e. The molecule has 0 spiro atoms. The van der Waals surface area contributed by atoms with Gasteiger partial charge in [0.15, 0.2) is 0 Å². The molecular formula is C17H26N2O. The number of benzene rings is 1. The molecule has 1 aromatic carbocycles. The largest absolute Gasteiger partial charge is 0.352 e. The lowest BCUT2D eigenvalue weighted by Crippen LogP contribution is -2.48. The highest BCUT2D eigenvalue weighted by atomic mass is 16.1. The lowest BCUT2D eigenvalue weighted by molar-refractivity contribution is -0.120. The summed E-state index contributed by atoms with van der Waals surface area (Å²) in [6, 6.07) is 11.0. The zero-order valence-electron chi connectivity index (χ0n) is 12.6. The fourth-order valence-electron chi connectivity index (χ4n) is 3.15. The molecule has 1 aliphatic rings. The summed E-state index contributed by atoms with van der Waals surface area (Å²) in [5, 5.41) is 3.05. The van der Waals surface area contributed by atoms with Crippen molar-refractivity contribution >= 4 is 5.91 Å². The van der Waals surface area contributed by atoms with E-state index in [0.717, 1.165) is 32.5 Å². The number of amides is 1. The number of hydrogen-bond donors (Lipinski definition) is 1. The van der Waals surface area contributed by atoms with Gasteiger partial charge in [0.05, 0.1) is 0 Å². The van der Waals surface area contributed by atoms with Gasteiger partial charge in [-0.25, -0.2) is 0 Å². The lowest BCUT2D eigenvalue weighted by atomic mass is 9.98. The number of hydrogen-bond acceptors (Lipinski definition) is 2. The molecule has 1 fully saturated rings. The quantitative estimate of drug-likeness (QED) is 0.894. The van der Waals surface area contributed by atoms with Crippen molar-refractivity contribution in [1.82, 2.24) is 10.2 Å². The third-order valence-electron chi connectivity index (χ3n) is 3.91. The van der Waals surface area contributed by atoms with Gasteiger partial charge in [0.25, 0.3) is 0 Å². The Balaban J connectivity index is 1.78. The monoisotopic (exact) mass is 274 g/mol. The molecule has 20 heavy (non-hydrogen) atoms. The highest BCUT2D eigenvalue weighted by molar-refractivity contribution is 5.73. The number of carbonyl (C=O) groups excluding carboxylic acids is 1. The first kappa shape index (κ1) is 15.0. The molecule has 0 aliphatic carbocycles. The summed E-state index contributed by atoms with van der Waals surface area (Å²) in [6.45, 7) is 7.20. The van der Waals surface area contributed by atoms with E-state index in [2.05, 4.69) is 47.5 Å². The Morgan fingerprint density at radius 3 is 2.85 bits per heavy atom. The van der Waals surface area contributed by atoms with E-state index in [1.54, 1.807) is 6.92 Å². The standard InChI is InChI=1S/C17H26N2O/c1-14(11-16-7-4-3-5-8-16)12-19-10-6-9-17(13-19)18-15(2)20/h3-5,7-8,14,17H,6,9-13H2,1-2H3,(H,18,20)/t14-,17-/m0/s1. The molecule has 0 radical (unpaired) electrons. The minimum absolute atomic E-state index is 0.0918. The minimum atomic E-state index is 0.0918. The molecule has 1 amide bonds. The highest BCUT2D eigenvalue weighted by Crippen LogP contribution is 2.15. The van der Waals surface area contributed by atoms with Crippen LogP contribution in [0.5, 0.6) is 0 Å². The fourth-order valence-corrected chi connectivity index (χ4v) is 3.15. The lowest BCUT2D eigenvalue weighted by Gasteiger charge is -2.34. The van der Waals surface area contributed by atoms with Gasteiger partial charge < -0.3 is 10.2 Å². The topological polar surface area (TPSA) is 32.3 Å². The zero-order valence-corrected chi connectivity index (χ0v) is 12.6. The summed E-state index contributed by atoms with van der Waals surface area (Å²) in [6.07, 6.45) is 3.42. The van der Waals surface area contributed by atoms with Crippen LogP contribution in [0.25, 0.3) is 0 Å². The number of likely N-dealkylation sites (tertiary alicyclic amines) is 1. The van der Waals surface area contributed by atoms with Crippen molar-refractivity contribution < 1.29 is 4.79 Å². The van der Waals surface area contributed by atoms with Crippen molar-refractivity contribution in [2.75, 3.05) is 19.6 Å². The average molecular weight is 274 g/mol. The van der Waals surface area contributed by atoms with E-state index >= 15 is 0 Å². The van der Waals surface area contributed by atoms with Gasteiger partial charge in [0.1, 0.15) is 0 Å². The Hall–Kier alpha value is -1.35. The molecule has 2 atom stereocenters. The van der Waals surface area contributed by atoms with E-state index in [4.69, 9.17) is 0 Å². The molecule has 0 bridgehead atoms. The molecule has 110 valence electrons. The molecular weight excluding hydrogens is 248 g/mol. The summed E-state index contributed by atoms with van der Waals surface area (Å²) in [5.41, 5.74) is 1.41. The maximum Gasteiger partial charge on any atom is 0.217 e. The fraction of sp³-hybridized carbons (Fsp3) is 0.588. The first-order valence-electron chi connectivity index (χ1n) is 7.67. The van der Waals surface area contributed by atoms with Gasteiger partial charge in [-0.2, -0.15) is 0 Å². The van der Waals surface area contributed by atoms with Gasteiger partial charge in [-0.15, -0.1) is 0 Å². The summed E-state index contributed by atoms with van der Waals surface area (Å²) >= 11 is 0. The number of nitrogens with one attached hydrogen (secondary N) is 1.